The van der Waals surface area contributed by atoms with Gasteiger partial charge >= 0.3 is 0 Å². The number of nitrogens with zero attached hydrogens (tertiary/aromatic N) is 1. The van der Waals surface area contributed by atoms with E-state index in [1.54, 1.807) is 17.8 Å². The molecule has 3 aromatic carbocycles. The first-order valence-corrected chi connectivity index (χ1v) is 13.6. The molecule has 0 aliphatic carbocycles. The molecular weight excluding hydrogens is 480 g/mol. The number of fused-ring (bicyclic) bond motifs is 1. The van der Waals surface area contributed by atoms with Gasteiger partial charge in [-0.25, -0.2) is 0 Å². The lowest BCUT2D eigenvalue weighted by molar-refractivity contribution is 0.0921. The third-order valence-electron chi connectivity index (χ3n) is 6.48. The summed E-state index contributed by atoms with van der Waals surface area (Å²) in [4.78, 5) is 27.5. The number of aryl methyl sites for hydroxylation is 2. The normalized spacial score (nSPS) is 12.4. The molecule has 1 N–H and O–H groups in total. The molecule has 0 saturated carbocycles. The zero-order chi connectivity index (χ0) is 25.8. The van der Waals surface area contributed by atoms with E-state index < -0.39 is 0 Å². The first-order chi connectivity index (χ1) is 18.0. The third kappa shape index (κ3) is 5.97. The Labute approximate surface area is 221 Å². The van der Waals surface area contributed by atoms with Crippen molar-refractivity contribution in [2.45, 2.75) is 38.3 Å². The van der Waals surface area contributed by atoms with Crippen LogP contribution in [0.4, 0.5) is 5.69 Å². The average molecular weight is 511 g/mol. The van der Waals surface area contributed by atoms with E-state index in [2.05, 4.69) is 42.6 Å². The van der Waals surface area contributed by atoms with Crippen LogP contribution in [0.25, 0.3) is 0 Å². The average Bonchev–Trinajstić information content (AvgIpc) is 3.54. The fourth-order valence-electron chi connectivity index (χ4n) is 4.63. The fourth-order valence-corrected chi connectivity index (χ4v) is 5.50. The number of nitrogens with one attached hydrogen (secondary N) is 1. The van der Waals surface area contributed by atoms with E-state index in [4.69, 9.17) is 4.42 Å². The number of hydrogen-bond donors (Lipinski definition) is 1. The summed E-state index contributed by atoms with van der Waals surface area (Å²) in [5.41, 5.74) is 7.38. The van der Waals surface area contributed by atoms with E-state index in [1.165, 1.54) is 11.1 Å². The highest BCUT2D eigenvalue weighted by Gasteiger charge is 2.26. The van der Waals surface area contributed by atoms with Crippen LogP contribution in [-0.2, 0) is 24.5 Å². The Morgan fingerprint density at radius 2 is 1.70 bits per heavy atom. The Morgan fingerprint density at radius 1 is 0.892 bits per heavy atom. The second-order valence-corrected chi connectivity index (χ2v) is 10.5. The van der Waals surface area contributed by atoms with Crippen LogP contribution in [0, 0.1) is 13.8 Å². The molecule has 4 aromatic rings. The van der Waals surface area contributed by atoms with Gasteiger partial charge in [-0.3, -0.25) is 9.59 Å². The number of carbonyl (C=O) groups is 2. The zero-order valence-corrected chi connectivity index (χ0v) is 21.9. The number of furan rings is 1. The van der Waals surface area contributed by atoms with Crippen molar-refractivity contribution in [2.24, 2.45) is 0 Å². The SMILES string of the molecule is Cc1cccc(CSCc2ccc(C(=O)NCc3ccc4c(c3)CCN4C(=O)c3cccc(C)c3)o2)c1. The summed E-state index contributed by atoms with van der Waals surface area (Å²) in [6, 6.07) is 25.8. The van der Waals surface area contributed by atoms with E-state index in [1.807, 2.05) is 54.3 Å². The maximum absolute atomic E-state index is 13.0. The summed E-state index contributed by atoms with van der Waals surface area (Å²) in [7, 11) is 0. The standard InChI is InChI=1S/C31H30N2O3S/c1-21-5-3-7-24(15-21)19-37-20-27-10-12-29(36-27)30(34)32-18-23-9-11-28-25(17-23)13-14-33(28)31(35)26-8-4-6-22(2)16-26/h3-12,15-17H,13-14,18-20H2,1-2H3,(H,32,34). The van der Waals surface area contributed by atoms with Crippen LogP contribution in [0.3, 0.4) is 0 Å². The molecule has 0 radical (unpaired) electrons. The van der Waals surface area contributed by atoms with Crippen molar-refractivity contribution >= 4 is 29.3 Å². The lowest BCUT2D eigenvalue weighted by atomic mass is 10.1. The first-order valence-electron chi connectivity index (χ1n) is 12.5. The molecule has 188 valence electrons. The summed E-state index contributed by atoms with van der Waals surface area (Å²) in [5.74, 6) is 2.52. The summed E-state index contributed by atoms with van der Waals surface area (Å²) >= 11 is 1.76. The van der Waals surface area contributed by atoms with Crippen molar-refractivity contribution in [1.29, 1.82) is 0 Å². The monoisotopic (exact) mass is 510 g/mol. The molecule has 5 rings (SSSR count). The molecule has 37 heavy (non-hydrogen) atoms. The Hall–Kier alpha value is -3.77. The van der Waals surface area contributed by atoms with E-state index in [0.717, 1.165) is 40.3 Å². The minimum absolute atomic E-state index is 0.0224. The maximum atomic E-state index is 13.0. The number of hydrogen-bond acceptors (Lipinski definition) is 4. The number of anilines is 1. The van der Waals surface area contributed by atoms with Crippen LogP contribution in [0.2, 0.25) is 0 Å². The highest BCUT2D eigenvalue weighted by Crippen LogP contribution is 2.30. The molecule has 0 fully saturated rings. The minimum Gasteiger partial charge on any atom is -0.455 e. The third-order valence-corrected chi connectivity index (χ3v) is 7.51. The molecule has 0 spiro atoms. The number of amides is 2. The predicted octanol–water partition coefficient (Wildman–Crippen LogP) is 6.46. The zero-order valence-electron chi connectivity index (χ0n) is 21.1. The molecule has 2 amide bonds. The molecule has 6 heteroatoms. The van der Waals surface area contributed by atoms with Gasteiger partial charge in [0.25, 0.3) is 11.8 Å². The fraction of sp³-hybridized carbons (Fsp3) is 0.226. The van der Waals surface area contributed by atoms with Gasteiger partial charge in [-0.1, -0.05) is 59.7 Å². The molecule has 0 saturated heterocycles. The van der Waals surface area contributed by atoms with Crippen LogP contribution >= 0.6 is 11.8 Å². The van der Waals surface area contributed by atoms with Gasteiger partial charge in [0.15, 0.2) is 5.76 Å². The number of rotatable bonds is 8. The first kappa shape index (κ1) is 24.9. The van der Waals surface area contributed by atoms with Gasteiger partial charge in [0.05, 0.1) is 5.75 Å². The van der Waals surface area contributed by atoms with Crippen molar-refractivity contribution in [3.8, 4) is 0 Å². The summed E-state index contributed by atoms with van der Waals surface area (Å²) in [6.07, 6.45) is 0.802. The molecule has 0 bridgehead atoms. The molecule has 0 atom stereocenters. The predicted molar refractivity (Wildman–Crippen MR) is 149 cm³/mol. The van der Waals surface area contributed by atoms with Gasteiger partial charge in [-0.15, -0.1) is 11.8 Å². The van der Waals surface area contributed by atoms with Crippen LogP contribution < -0.4 is 10.2 Å². The summed E-state index contributed by atoms with van der Waals surface area (Å²) < 4.78 is 5.78. The molecule has 1 aliphatic heterocycles. The Bertz CT molecular complexity index is 1440. The lowest BCUT2D eigenvalue weighted by Crippen LogP contribution is -2.28. The molecule has 2 heterocycles. The van der Waals surface area contributed by atoms with E-state index in [-0.39, 0.29) is 11.8 Å². The molecule has 1 aliphatic rings. The molecule has 1 aromatic heterocycles. The van der Waals surface area contributed by atoms with Gasteiger partial charge in [0.2, 0.25) is 0 Å². The second-order valence-electron chi connectivity index (χ2n) is 9.47. The number of thioether (sulfide) groups is 1. The Balaban J connectivity index is 1.14. The second kappa shape index (κ2) is 11.1. The maximum Gasteiger partial charge on any atom is 0.287 e. The molecule has 5 nitrogen and oxygen atoms in total. The van der Waals surface area contributed by atoms with Crippen LogP contribution in [-0.4, -0.2) is 18.4 Å². The van der Waals surface area contributed by atoms with Crippen molar-refractivity contribution in [3.05, 3.63) is 124 Å². The smallest absolute Gasteiger partial charge is 0.287 e. The number of carbonyl (C=O) groups excluding carboxylic acids is 2. The Kier molecular flexibility index (Phi) is 7.47. The van der Waals surface area contributed by atoms with E-state index in [9.17, 15) is 9.59 Å². The quantitative estimate of drug-likeness (QED) is 0.295. The van der Waals surface area contributed by atoms with Crippen molar-refractivity contribution in [1.82, 2.24) is 5.32 Å². The topological polar surface area (TPSA) is 62.6 Å². The van der Waals surface area contributed by atoms with Crippen molar-refractivity contribution < 1.29 is 14.0 Å². The van der Waals surface area contributed by atoms with E-state index >= 15 is 0 Å². The summed E-state index contributed by atoms with van der Waals surface area (Å²) in [5, 5.41) is 2.95. The van der Waals surface area contributed by atoms with Crippen LogP contribution in [0.1, 0.15) is 54.5 Å². The van der Waals surface area contributed by atoms with Crippen LogP contribution in [0.15, 0.2) is 83.3 Å². The lowest BCUT2D eigenvalue weighted by Gasteiger charge is -2.18. The van der Waals surface area contributed by atoms with Crippen LogP contribution in [0.5, 0.6) is 0 Å². The van der Waals surface area contributed by atoms with Gasteiger partial charge in [0, 0.05) is 30.1 Å². The summed E-state index contributed by atoms with van der Waals surface area (Å²) in [6.45, 7) is 5.15. The minimum atomic E-state index is -0.230. The van der Waals surface area contributed by atoms with Gasteiger partial charge < -0.3 is 14.6 Å². The van der Waals surface area contributed by atoms with Gasteiger partial charge in [-0.05, 0) is 67.3 Å². The van der Waals surface area contributed by atoms with Crippen molar-refractivity contribution in [3.63, 3.8) is 0 Å². The van der Waals surface area contributed by atoms with Crippen molar-refractivity contribution in [2.75, 3.05) is 11.4 Å². The van der Waals surface area contributed by atoms with E-state index in [0.29, 0.717) is 30.2 Å². The highest BCUT2D eigenvalue weighted by atomic mass is 32.2. The highest BCUT2D eigenvalue weighted by molar-refractivity contribution is 7.97. The van der Waals surface area contributed by atoms with Gasteiger partial charge in [-0.2, -0.15) is 0 Å². The number of benzene rings is 3. The Morgan fingerprint density at radius 3 is 2.51 bits per heavy atom. The largest absolute Gasteiger partial charge is 0.455 e. The molecule has 0 unspecified atom stereocenters. The molecular formula is C31H30N2O3S. The van der Waals surface area contributed by atoms with Gasteiger partial charge in [0.1, 0.15) is 5.76 Å².